The normalized spacial score (nSPS) is 16.7. The molecule has 0 spiro atoms. The van der Waals surface area contributed by atoms with Crippen LogP contribution in [0.5, 0.6) is 5.75 Å². The average molecular weight is 435 g/mol. The van der Waals surface area contributed by atoms with Crippen molar-refractivity contribution < 1.29 is 14.3 Å². The second-order valence-electron chi connectivity index (χ2n) is 7.82. The molecule has 6 heteroatoms. The van der Waals surface area contributed by atoms with E-state index >= 15 is 0 Å². The average Bonchev–Trinajstić information content (AvgIpc) is 3.45. The molecule has 0 saturated carbocycles. The molecule has 4 rings (SSSR count). The van der Waals surface area contributed by atoms with Crippen LogP contribution in [-0.2, 0) is 16.0 Å². The predicted molar refractivity (Wildman–Crippen MR) is 123 cm³/mol. The first-order chi connectivity index (χ1) is 15.2. The van der Waals surface area contributed by atoms with Crippen molar-refractivity contribution >= 4 is 27.4 Å². The van der Waals surface area contributed by atoms with Gasteiger partial charge in [-0.15, -0.1) is 11.3 Å². The third-order valence-corrected chi connectivity index (χ3v) is 6.74. The number of rotatable bonds is 8. The van der Waals surface area contributed by atoms with Crippen LogP contribution >= 0.6 is 11.3 Å². The van der Waals surface area contributed by atoms with E-state index in [-0.39, 0.29) is 11.9 Å². The van der Waals surface area contributed by atoms with Gasteiger partial charge in [-0.2, -0.15) is 5.26 Å². The van der Waals surface area contributed by atoms with Crippen molar-refractivity contribution in [3.63, 3.8) is 0 Å². The Morgan fingerprint density at radius 1 is 1.26 bits per heavy atom. The van der Waals surface area contributed by atoms with Gasteiger partial charge in [0.2, 0.25) is 0 Å². The topological polar surface area (TPSA) is 71.4 Å². The van der Waals surface area contributed by atoms with Crippen molar-refractivity contribution in [2.45, 2.75) is 25.7 Å². The maximum absolute atomic E-state index is 12.7. The van der Waals surface area contributed by atoms with E-state index in [1.54, 1.807) is 11.3 Å². The summed E-state index contributed by atoms with van der Waals surface area (Å²) in [7, 11) is 0. The highest BCUT2D eigenvalue weighted by Crippen LogP contribution is 2.32. The molecule has 2 atom stereocenters. The number of fused-ring (bicyclic) bond motifs is 1. The third-order valence-electron chi connectivity index (χ3n) is 5.60. The summed E-state index contributed by atoms with van der Waals surface area (Å²) in [6, 6.07) is 17.7. The van der Waals surface area contributed by atoms with Crippen molar-refractivity contribution in [3.05, 3.63) is 64.5 Å². The van der Waals surface area contributed by atoms with E-state index in [0.717, 1.165) is 45.8 Å². The zero-order chi connectivity index (χ0) is 21.6. The predicted octanol–water partition coefficient (Wildman–Crippen LogP) is 4.65. The number of hydrogen-bond acceptors (Lipinski definition) is 6. The number of benzene rings is 2. The molecule has 2 aromatic carbocycles. The van der Waals surface area contributed by atoms with Gasteiger partial charge in [0.15, 0.2) is 0 Å². The summed E-state index contributed by atoms with van der Waals surface area (Å²) in [5.41, 5.74) is 1.56. The first-order valence-electron chi connectivity index (χ1n) is 10.7. The molecule has 1 fully saturated rings. The van der Waals surface area contributed by atoms with Crippen molar-refractivity contribution in [3.8, 4) is 11.8 Å². The van der Waals surface area contributed by atoms with Gasteiger partial charge in [-0.1, -0.05) is 12.1 Å². The zero-order valence-corrected chi connectivity index (χ0v) is 18.4. The molecule has 0 amide bonds. The molecular formula is C25H26N2O3S. The standard InChI is InChI=1S/C25H26N2O3S/c1-2-29-25(28)23(13-22-12-20-11-17(14-26)3-8-24(20)31-22)19-4-6-21(7-5-19)30-16-18-9-10-27-15-18/h3-8,11-12,18,23,27H,2,9-10,13,15-16H2,1H3/t18?,23-/m0/s1. The van der Waals surface area contributed by atoms with Gasteiger partial charge in [0.05, 0.1) is 30.8 Å². The Morgan fingerprint density at radius 2 is 2.10 bits per heavy atom. The van der Waals surface area contributed by atoms with Crippen LogP contribution in [0.1, 0.15) is 35.3 Å². The Bertz CT molecular complexity index is 1080. The molecule has 0 aliphatic carbocycles. The summed E-state index contributed by atoms with van der Waals surface area (Å²) < 4.78 is 12.4. The molecule has 0 radical (unpaired) electrons. The molecule has 160 valence electrons. The second-order valence-corrected chi connectivity index (χ2v) is 8.99. The second kappa shape index (κ2) is 9.95. The minimum atomic E-state index is -0.378. The van der Waals surface area contributed by atoms with Gasteiger partial charge in [0.25, 0.3) is 0 Å². The fraction of sp³-hybridized carbons (Fsp3) is 0.360. The fourth-order valence-corrected chi connectivity index (χ4v) is 5.01. The molecule has 2 heterocycles. The molecule has 0 bridgehead atoms. The van der Waals surface area contributed by atoms with E-state index in [1.807, 2.05) is 49.4 Å². The number of nitrogens with zero attached hydrogens (tertiary/aromatic N) is 1. The number of esters is 1. The van der Waals surface area contributed by atoms with Gasteiger partial charge in [-0.05, 0) is 73.7 Å². The van der Waals surface area contributed by atoms with Crippen molar-refractivity contribution in [2.24, 2.45) is 5.92 Å². The van der Waals surface area contributed by atoms with Crippen molar-refractivity contribution in [1.82, 2.24) is 5.32 Å². The molecule has 31 heavy (non-hydrogen) atoms. The monoisotopic (exact) mass is 434 g/mol. The number of ether oxygens (including phenoxy) is 2. The van der Waals surface area contributed by atoms with E-state index in [4.69, 9.17) is 14.7 Å². The zero-order valence-electron chi connectivity index (χ0n) is 17.6. The lowest BCUT2D eigenvalue weighted by Gasteiger charge is -2.16. The molecule has 1 aromatic heterocycles. The summed E-state index contributed by atoms with van der Waals surface area (Å²) in [5, 5.41) is 13.5. The molecule has 5 nitrogen and oxygen atoms in total. The van der Waals surface area contributed by atoms with Crippen LogP contribution in [0.3, 0.4) is 0 Å². The number of nitriles is 1. The lowest BCUT2D eigenvalue weighted by atomic mass is 9.94. The van der Waals surface area contributed by atoms with Gasteiger partial charge in [0.1, 0.15) is 5.75 Å². The van der Waals surface area contributed by atoms with E-state index in [0.29, 0.717) is 31.1 Å². The highest BCUT2D eigenvalue weighted by molar-refractivity contribution is 7.19. The van der Waals surface area contributed by atoms with E-state index in [1.165, 1.54) is 0 Å². The molecular weight excluding hydrogens is 408 g/mol. The highest BCUT2D eigenvalue weighted by Gasteiger charge is 2.24. The molecule has 1 aliphatic rings. The quantitative estimate of drug-likeness (QED) is 0.523. The van der Waals surface area contributed by atoms with Crippen LogP contribution in [0.2, 0.25) is 0 Å². The Kier molecular flexibility index (Phi) is 6.86. The first-order valence-corrected chi connectivity index (χ1v) is 11.5. The maximum Gasteiger partial charge on any atom is 0.313 e. The summed E-state index contributed by atoms with van der Waals surface area (Å²) in [5.74, 6) is 0.783. The largest absolute Gasteiger partial charge is 0.493 e. The molecule has 1 N–H and O–H groups in total. The Morgan fingerprint density at radius 3 is 2.81 bits per heavy atom. The number of hydrogen-bond donors (Lipinski definition) is 1. The lowest BCUT2D eigenvalue weighted by Crippen LogP contribution is -2.18. The lowest BCUT2D eigenvalue weighted by molar-refractivity contribution is -0.144. The van der Waals surface area contributed by atoms with E-state index in [2.05, 4.69) is 17.5 Å². The van der Waals surface area contributed by atoms with E-state index < -0.39 is 0 Å². The number of carbonyl (C=O) groups is 1. The summed E-state index contributed by atoms with van der Waals surface area (Å²) >= 11 is 1.65. The molecule has 1 aliphatic heterocycles. The van der Waals surface area contributed by atoms with Gasteiger partial charge in [-0.3, -0.25) is 4.79 Å². The van der Waals surface area contributed by atoms with Gasteiger partial charge >= 0.3 is 5.97 Å². The minimum Gasteiger partial charge on any atom is -0.493 e. The Labute approximate surface area is 186 Å². The maximum atomic E-state index is 12.7. The molecule has 3 aromatic rings. The third kappa shape index (κ3) is 5.25. The summed E-state index contributed by atoms with van der Waals surface area (Å²) in [6.07, 6.45) is 1.71. The number of carbonyl (C=O) groups excluding carboxylic acids is 1. The van der Waals surface area contributed by atoms with Crippen LogP contribution < -0.4 is 10.1 Å². The van der Waals surface area contributed by atoms with Gasteiger partial charge < -0.3 is 14.8 Å². The van der Waals surface area contributed by atoms with Crippen molar-refractivity contribution in [1.29, 1.82) is 5.26 Å². The Balaban J connectivity index is 1.50. The van der Waals surface area contributed by atoms with Crippen molar-refractivity contribution in [2.75, 3.05) is 26.3 Å². The Hall–Kier alpha value is -2.88. The van der Waals surface area contributed by atoms with Crippen LogP contribution in [-0.4, -0.2) is 32.3 Å². The van der Waals surface area contributed by atoms with Crippen LogP contribution in [0.4, 0.5) is 0 Å². The minimum absolute atomic E-state index is 0.219. The molecule has 1 saturated heterocycles. The van der Waals surface area contributed by atoms with Gasteiger partial charge in [-0.25, -0.2) is 0 Å². The summed E-state index contributed by atoms with van der Waals surface area (Å²) in [6.45, 7) is 4.95. The van der Waals surface area contributed by atoms with E-state index in [9.17, 15) is 4.79 Å². The highest BCUT2D eigenvalue weighted by atomic mass is 32.1. The van der Waals surface area contributed by atoms with Crippen LogP contribution in [0.15, 0.2) is 48.5 Å². The number of nitrogens with one attached hydrogen (secondary N) is 1. The number of thiophene rings is 1. The molecule has 1 unspecified atom stereocenters. The SMILES string of the molecule is CCOC(=O)[C@@H](Cc1cc2cc(C#N)ccc2s1)c1ccc(OCC2CCNC2)cc1. The smallest absolute Gasteiger partial charge is 0.313 e. The fourth-order valence-electron chi connectivity index (χ4n) is 3.92. The van der Waals surface area contributed by atoms with Crippen LogP contribution in [0, 0.1) is 17.2 Å². The van der Waals surface area contributed by atoms with Crippen LogP contribution in [0.25, 0.3) is 10.1 Å². The first kappa shape index (κ1) is 21.4. The van der Waals surface area contributed by atoms with Gasteiger partial charge in [0, 0.05) is 22.0 Å². The summed E-state index contributed by atoms with van der Waals surface area (Å²) in [4.78, 5) is 13.8.